The standard InChI is InChI=1S/C12H20N4O/c1-9-6-13-10(2)12(15-9)14-7-11-8-16(3)4-5-17-11/h6,11H,4-5,7-8H2,1-3H3,(H,14,15). The molecule has 1 unspecified atom stereocenters. The van der Waals surface area contributed by atoms with E-state index in [4.69, 9.17) is 4.74 Å². The van der Waals surface area contributed by atoms with Crippen LogP contribution in [0.15, 0.2) is 6.20 Å². The van der Waals surface area contributed by atoms with E-state index in [1.54, 1.807) is 6.20 Å². The molecule has 1 saturated heterocycles. The monoisotopic (exact) mass is 236 g/mol. The average Bonchev–Trinajstić information content (AvgIpc) is 2.30. The first kappa shape index (κ1) is 12.3. The molecule has 17 heavy (non-hydrogen) atoms. The lowest BCUT2D eigenvalue weighted by atomic mass is 10.3. The molecular weight excluding hydrogens is 216 g/mol. The van der Waals surface area contributed by atoms with E-state index in [2.05, 4.69) is 27.2 Å². The highest BCUT2D eigenvalue weighted by atomic mass is 16.5. The smallest absolute Gasteiger partial charge is 0.147 e. The number of nitrogens with zero attached hydrogens (tertiary/aromatic N) is 3. The van der Waals surface area contributed by atoms with Gasteiger partial charge in [0, 0.05) is 25.8 Å². The minimum Gasteiger partial charge on any atom is -0.374 e. The van der Waals surface area contributed by atoms with Crippen LogP contribution in [0.1, 0.15) is 11.4 Å². The van der Waals surface area contributed by atoms with Gasteiger partial charge in [-0.15, -0.1) is 0 Å². The van der Waals surface area contributed by atoms with Crippen LogP contribution in [0.3, 0.4) is 0 Å². The lowest BCUT2D eigenvalue weighted by Gasteiger charge is -2.30. The number of hydrogen-bond acceptors (Lipinski definition) is 5. The summed E-state index contributed by atoms with van der Waals surface area (Å²) in [5.41, 5.74) is 1.86. The quantitative estimate of drug-likeness (QED) is 0.842. The summed E-state index contributed by atoms with van der Waals surface area (Å²) in [7, 11) is 2.12. The summed E-state index contributed by atoms with van der Waals surface area (Å²) in [5, 5.41) is 3.32. The molecule has 0 saturated carbocycles. The molecule has 0 amide bonds. The maximum atomic E-state index is 5.69. The highest BCUT2D eigenvalue weighted by Crippen LogP contribution is 2.10. The summed E-state index contributed by atoms with van der Waals surface area (Å²) in [6.45, 7) is 7.47. The highest BCUT2D eigenvalue weighted by Gasteiger charge is 2.17. The van der Waals surface area contributed by atoms with Gasteiger partial charge in [-0.05, 0) is 20.9 Å². The summed E-state index contributed by atoms with van der Waals surface area (Å²) < 4.78 is 5.69. The molecule has 1 atom stereocenters. The van der Waals surface area contributed by atoms with Crippen molar-refractivity contribution in [2.75, 3.05) is 38.6 Å². The van der Waals surface area contributed by atoms with E-state index in [0.29, 0.717) is 0 Å². The number of morpholine rings is 1. The second kappa shape index (κ2) is 5.42. The fourth-order valence-electron chi connectivity index (χ4n) is 1.91. The van der Waals surface area contributed by atoms with Crippen molar-refractivity contribution in [1.29, 1.82) is 0 Å². The third kappa shape index (κ3) is 3.38. The Kier molecular flexibility index (Phi) is 3.91. The summed E-state index contributed by atoms with van der Waals surface area (Å²) in [4.78, 5) is 11.0. The van der Waals surface area contributed by atoms with E-state index in [1.807, 2.05) is 13.8 Å². The molecule has 0 radical (unpaired) electrons. The van der Waals surface area contributed by atoms with Gasteiger partial charge in [-0.3, -0.25) is 4.98 Å². The van der Waals surface area contributed by atoms with Crippen LogP contribution in [-0.2, 0) is 4.74 Å². The Bertz CT molecular complexity index is 383. The SMILES string of the molecule is Cc1cnc(C)c(NCC2CN(C)CCO2)n1. The summed E-state index contributed by atoms with van der Waals surface area (Å²) >= 11 is 0. The first-order chi connectivity index (χ1) is 8.15. The Morgan fingerprint density at radius 1 is 1.53 bits per heavy atom. The average molecular weight is 236 g/mol. The molecule has 0 bridgehead atoms. The van der Waals surface area contributed by atoms with Crippen molar-refractivity contribution in [3.05, 3.63) is 17.6 Å². The van der Waals surface area contributed by atoms with E-state index < -0.39 is 0 Å². The third-order valence-electron chi connectivity index (χ3n) is 2.91. The maximum Gasteiger partial charge on any atom is 0.147 e. The number of aromatic nitrogens is 2. The van der Waals surface area contributed by atoms with Crippen molar-refractivity contribution in [3.8, 4) is 0 Å². The van der Waals surface area contributed by atoms with E-state index in [9.17, 15) is 0 Å². The fraction of sp³-hybridized carbons (Fsp3) is 0.667. The van der Waals surface area contributed by atoms with Gasteiger partial charge in [-0.25, -0.2) is 4.98 Å². The number of likely N-dealkylation sites (N-methyl/N-ethyl adjacent to an activating group) is 1. The molecule has 1 fully saturated rings. The molecule has 2 heterocycles. The van der Waals surface area contributed by atoms with Gasteiger partial charge < -0.3 is 15.0 Å². The van der Waals surface area contributed by atoms with Crippen LogP contribution >= 0.6 is 0 Å². The Balaban J connectivity index is 1.90. The van der Waals surface area contributed by atoms with Crippen LogP contribution in [0.5, 0.6) is 0 Å². The maximum absolute atomic E-state index is 5.69. The molecule has 1 aliphatic heterocycles. The van der Waals surface area contributed by atoms with Crippen molar-refractivity contribution in [2.24, 2.45) is 0 Å². The lowest BCUT2D eigenvalue weighted by molar-refractivity contribution is -0.0117. The number of anilines is 1. The van der Waals surface area contributed by atoms with Crippen molar-refractivity contribution < 1.29 is 4.74 Å². The van der Waals surface area contributed by atoms with Gasteiger partial charge in [0.25, 0.3) is 0 Å². The van der Waals surface area contributed by atoms with E-state index in [1.165, 1.54) is 0 Å². The second-order valence-corrected chi connectivity index (χ2v) is 4.58. The molecular formula is C12H20N4O. The van der Waals surface area contributed by atoms with E-state index in [0.717, 1.165) is 43.4 Å². The predicted octanol–water partition coefficient (Wildman–Crippen LogP) is 0.836. The second-order valence-electron chi connectivity index (χ2n) is 4.58. The number of hydrogen-bond donors (Lipinski definition) is 1. The molecule has 2 rings (SSSR count). The number of aryl methyl sites for hydroxylation is 2. The molecule has 0 aromatic carbocycles. The molecule has 0 spiro atoms. The largest absolute Gasteiger partial charge is 0.374 e. The molecule has 0 aliphatic carbocycles. The highest BCUT2D eigenvalue weighted by molar-refractivity contribution is 5.39. The zero-order valence-electron chi connectivity index (χ0n) is 10.7. The van der Waals surface area contributed by atoms with Gasteiger partial charge in [-0.2, -0.15) is 0 Å². The molecule has 1 aromatic heterocycles. The van der Waals surface area contributed by atoms with Gasteiger partial charge in [0.05, 0.1) is 24.1 Å². The Hall–Kier alpha value is -1.20. The number of rotatable bonds is 3. The van der Waals surface area contributed by atoms with Crippen LogP contribution in [0.4, 0.5) is 5.82 Å². The molecule has 1 aromatic rings. The van der Waals surface area contributed by atoms with E-state index >= 15 is 0 Å². The zero-order chi connectivity index (χ0) is 12.3. The molecule has 5 heteroatoms. The van der Waals surface area contributed by atoms with E-state index in [-0.39, 0.29) is 6.10 Å². The Morgan fingerprint density at radius 2 is 2.35 bits per heavy atom. The first-order valence-electron chi connectivity index (χ1n) is 5.99. The molecule has 1 N–H and O–H groups in total. The van der Waals surface area contributed by atoms with Crippen LogP contribution in [0.25, 0.3) is 0 Å². The van der Waals surface area contributed by atoms with Crippen LogP contribution in [-0.4, -0.2) is 54.3 Å². The minimum atomic E-state index is 0.232. The Morgan fingerprint density at radius 3 is 3.12 bits per heavy atom. The van der Waals surface area contributed by atoms with Crippen LogP contribution in [0.2, 0.25) is 0 Å². The van der Waals surface area contributed by atoms with Gasteiger partial charge in [0.1, 0.15) is 5.82 Å². The van der Waals surface area contributed by atoms with Crippen molar-refractivity contribution in [1.82, 2.24) is 14.9 Å². The summed E-state index contributed by atoms with van der Waals surface area (Å²) in [6.07, 6.45) is 2.02. The summed E-state index contributed by atoms with van der Waals surface area (Å²) in [6, 6.07) is 0. The fourth-order valence-corrected chi connectivity index (χ4v) is 1.91. The van der Waals surface area contributed by atoms with Crippen LogP contribution < -0.4 is 5.32 Å². The van der Waals surface area contributed by atoms with Gasteiger partial charge in [0.2, 0.25) is 0 Å². The third-order valence-corrected chi connectivity index (χ3v) is 2.91. The molecule has 1 aliphatic rings. The topological polar surface area (TPSA) is 50.3 Å². The normalized spacial score (nSPS) is 21.5. The first-order valence-corrected chi connectivity index (χ1v) is 5.99. The predicted molar refractivity (Wildman–Crippen MR) is 67.2 cm³/mol. The lowest BCUT2D eigenvalue weighted by Crippen LogP contribution is -2.43. The zero-order valence-corrected chi connectivity index (χ0v) is 10.7. The van der Waals surface area contributed by atoms with Crippen molar-refractivity contribution in [2.45, 2.75) is 20.0 Å². The summed E-state index contributed by atoms with van der Waals surface area (Å²) in [5.74, 6) is 0.863. The molecule has 94 valence electrons. The van der Waals surface area contributed by atoms with Crippen molar-refractivity contribution >= 4 is 5.82 Å². The van der Waals surface area contributed by atoms with Gasteiger partial charge in [-0.1, -0.05) is 0 Å². The van der Waals surface area contributed by atoms with Gasteiger partial charge >= 0.3 is 0 Å². The number of nitrogens with one attached hydrogen (secondary N) is 1. The minimum absolute atomic E-state index is 0.232. The van der Waals surface area contributed by atoms with Gasteiger partial charge in [0.15, 0.2) is 0 Å². The Labute approximate surface area is 102 Å². The molecule has 5 nitrogen and oxygen atoms in total. The van der Waals surface area contributed by atoms with Crippen LogP contribution in [0, 0.1) is 13.8 Å². The number of ether oxygens (including phenoxy) is 1. The van der Waals surface area contributed by atoms with Crippen molar-refractivity contribution in [3.63, 3.8) is 0 Å².